The third kappa shape index (κ3) is 2.81. The van der Waals surface area contributed by atoms with E-state index in [0.29, 0.717) is 11.6 Å². The second kappa shape index (κ2) is 4.84. The zero-order valence-electron chi connectivity index (χ0n) is 10.3. The van der Waals surface area contributed by atoms with Crippen LogP contribution in [0.5, 0.6) is 0 Å². The van der Waals surface area contributed by atoms with Crippen molar-refractivity contribution < 1.29 is 9.18 Å². The van der Waals surface area contributed by atoms with Gasteiger partial charge in [0.15, 0.2) is 0 Å². The number of hydrogen-bond acceptors (Lipinski definition) is 1. The third-order valence-electron chi connectivity index (χ3n) is 3.11. The highest BCUT2D eigenvalue weighted by Crippen LogP contribution is 2.22. The molecular weight excluding hydrogens is 241 g/mol. The van der Waals surface area contributed by atoms with Gasteiger partial charge in [-0.15, -0.1) is 0 Å². The Labute approximate surface area is 111 Å². The molecule has 0 saturated heterocycles. The molecule has 1 radical (unpaired) electrons. The Morgan fingerprint density at radius 3 is 2.84 bits per heavy atom. The lowest BCUT2D eigenvalue weighted by molar-refractivity contribution is 0.0951. The summed E-state index contributed by atoms with van der Waals surface area (Å²) in [6, 6.07) is 14.8. The minimum Gasteiger partial charge on any atom is -0.349 e. The number of hydrogen-bond donors (Lipinski definition) is 1. The van der Waals surface area contributed by atoms with Crippen LogP contribution in [-0.2, 0) is 0 Å². The summed E-state index contributed by atoms with van der Waals surface area (Å²) in [5, 5.41) is 2.93. The van der Waals surface area contributed by atoms with Gasteiger partial charge in [-0.2, -0.15) is 0 Å². The standard InChI is InChI=1S/C16H13FNO/c17-14-6-2-4-12(10-14)11-3-1-5-13(9-11)16(19)18-15-7-8-15/h1-2,4-6,9-10,15H,7-8H2,(H,18,19). The second-order valence-corrected chi connectivity index (χ2v) is 4.75. The molecule has 95 valence electrons. The van der Waals surface area contributed by atoms with Crippen molar-refractivity contribution in [1.29, 1.82) is 0 Å². The molecule has 2 aromatic rings. The molecule has 1 aliphatic carbocycles. The summed E-state index contributed by atoms with van der Waals surface area (Å²) in [5.74, 6) is -0.368. The highest BCUT2D eigenvalue weighted by molar-refractivity contribution is 5.95. The van der Waals surface area contributed by atoms with E-state index in [1.54, 1.807) is 30.3 Å². The maximum atomic E-state index is 13.2. The monoisotopic (exact) mass is 254 g/mol. The molecule has 1 amide bonds. The average Bonchev–Trinajstić information content (AvgIpc) is 3.23. The van der Waals surface area contributed by atoms with E-state index in [1.807, 2.05) is 0 Å². The highest BCUT2D eigenvalue weighted by Gasteiger charge is 2.23. The van der Waals surface area contributed by atoms with Crippen LogP contribution in [0, 0.1) is 11.9 Å². The molecule has 1 N–H and O–H groups in total. The van der Waals surface area contributed by atoms with Gasteiger partial charge in [0.1, 0.15) is 5.82 Å². The molecule has 1 aliphatic rings. The first-order chi connectivity index (χ1) is 9.22. The summed E-state index contributed by atoms with van der Waals surface area (Å²) in [4.78, 5) is 11.9. The van der Waals surface area contributed by atoms with Crippen LogP contribution in [0.15, 0.2) is 42.5 Å². The van der Waals surface area contributed by atoms with Crippen LogP contribution < -0.4 is 5.32 Å². The van der Waals surface area contributed by atoms with Gasteiger partial charge < -0.3 is 5.32 Å². The van der Waals surface area contributed by atoms with E-state index in [0.717, 1.165) is 24.0 Å². The molecule has 0 heterocycles. The number of carbonyl (C=O) groups is 1. The molecule has 0 spiro atoms. The fraction of sp³-hybridized carbons (Fsp3) is 0.188. The van der Waals surface area contributed by atoms with E-state index in [2.05, 4.69) is 11.4 Å². The van der Waals surface area contributed by atoms with Gasteiger partial charge in [0.25, 0.3) is 5.91 Å². The molecule has 3 rings (SSSR count). The highest BCUT2D eigenvalue weighted by atomic mass is 19.1. The van der Waals surface area contributed by atoms with Crippen LogP contribution in [0.25, 0.3) is 11.1 Å². The quantitative estimate of drug-likeness (QED) is 0.895. The number of carbonyl (C=O) groups excluding carboxylic acids is 1. The number of nitrogens with one attached hydrogen (secondary N) is 1. The average molecular weight is 254 g/mol. The summed E-state index contributed by atoms with van der Waals surface area (Å²) < 4.78 is 13.2. The Balaban J connectivity index is 1.88. The van der Waals surface area contributed by atoms with Crippen molar-refractivity contribution in [2.24, 2.45) is 0 Å². The van der Waals surface area contributed by atoms with Crippen LogP contribution in [0.4, 0.5) is 4.39 Å². The van der Waals surface area contributed by atoms with Crippen molar-refractivity contribution in [1.82, 2.24) is 5.32 Å². The van der Waals surface area contributed by atoms with Gasteiger partial charge in [0.2, 0.25) is 0 Å². The topological polar surface area (TPSA) is 29.1 Å². The zero-order chi connectivity index (χ0) is 13.2. The Morgan fingerprint density at radius 1 is 1.26 bits per heavy atom. The molecule has 1 fully saturated rings. The minimum atomic E-state index is -0.293. The Morgan fingerprint density at radius 2 is 2.11 bits per heavy atom. The first-order valence-electron chi connectivity index (χ1n) is 6.31. The lowest BCUT2D eigenvalue weighted by atomic mass is 10.0. The van der Waals surface area contributed by atoms with Gasteiger partial charge in [-0.05, 0) is 54.3 Å². The number of rotatable bonds is 3. The summed E-state index contributed by atoms with van der Waals surface area (Å²) in [7, 11) is 0. The molecule has 0 atom stereocenters. The normalized spacial score (nSPS) is 14.2. The molecule has 0 aliphatic heterocycles. The molecule has 0 bridgehead atoms. The Bertz CT molecular complexity index is 620. The fourth-order valence-electron chi connectivity index (χ4n) is 1.93. The summed E-state index contributed by atoms with van der Waals surface area (Å²) in [5.41, 5.74) is 2.04. The zero-order valence-corrected chi connectivity index (χ0v) is 10.3. The second-order valence-electron chi connectivity index (χ2n) is 4.75. The van der Waals surface area contributed by atoms with Crippen LogP contribution in [0.3, 0.4) is 0 Å². The van der Waals surface area contributed by atoms with Crippen molar-refractivity contribution in [3.63, 3.8) is 0 Å². The molecule has 3 heteroatoms. The smallest absolute Gasteiger partial charge is 0.251 e. The van der Waals surface area contributed by atoms with Gasteiger partial charge >= 0.3 is 0 Å². The number of amides is 1. The van der Waals surface area contributed by atoms with Crippen molar-refractivity contribution in [2.45, 2.75) is 18.9 Å². The first-order valence-corrected chi connectivity index (χ1v) is 6.31. The van der Waals surface area contributed by atoms with E-state index < -0.39 is 0 Å². The van der Waals surface area contributed by atoms with E-state index in [1.165, 1.54) is 12.1 Å². The van der Waals surface area contributed by atoms with Gasteiger partial charge in [0, 0.05) is 11.6 Å². The van der Waals surface area contributed by atoms with Crippen molar-refractivity contribution in [3.05, 3.63) is 59.9 Å². The summed E-state index contributed by atoms with van der Waals surface area (Å²) in [6.07, 6.45) is 2.11. The van der Waals surface area contributed by atoms with E-state index in [4.69, 9.17) is 0 Å². The number of halogens is 1. The lowest BCUT2D eigenvalue weighted by Gasteiger charge is -2.06. The Kier molecular flexibility index (Phi) is 3.03. The van der Waals surface area contributed by atoms with Crippen molar-refractivity contribution in [3.8, 4) is 11.1 Å². The fourth-order valence-corrected chi connectivity index (χ4v) is 1.93. The van der Waals surface area contributed by atoms with E-state index in [-0.39, 0.29) is 11.7 Å². The van der Waals surface area contributed by atoms with Gasteiger partial charge in [-0.25, -0.2) is 4.39 Å². The Hall–Kier alpha value is -2.16. The molecule has 1 saturated carbocycles. The van der Waals surface area contributed by atoms with E-state index in [9.17, 15) is 9.18 Å². The van der Waals surface area contributed by atoms with Crippen molar-refractivity contribution in [2.75, 3.05) is 0 Å². The van der Waals surface area contributed by atoms with Crippen LogP contribution in [-0.4, -0.2) is 11.9 Å². The molecule has 2 nitrogen and oxygen atoms in total. The van der Waals surface area contributed by atoms with Crippen LogP contribution in [0.2, 0.25) is 0 Å². The molecule has 0 aromatic heterocycles. The molecule has 19 heavy (non-hydrogen) atoms. The minimum absolute atomic E-state index is 0.0749. The first kappa shape index (κ1) is 11.9. The summed E-state index contributed by atoms with van der Waals surface area (Å²) >= 11 is 0. The lowest BCUT2D eigenvalue weighted by Crippen LogP contribution is -2.25. The van der Waals surface area contributed by atoms with Crippen LogP contribution in [0.1, 0.15) is 23.2 Å². The van der Waals surface area contributed by atoms with Crippen molar-refractivity contribution >= 4 is 5.91 Å². The SMILES string of the molecule is O=C(NC1CC1)c1cc[c]c(-c2cccc(F)c2)c1. The van der Waals surface area contributed by atoms with Crippen LogP contribution >= 0.6 is 0 Å². The maximum absolute atomic E-state index is 13.2. The van der Waals surface area contributed by atoms with Gasteiger partial charge in [-0.3, -0.25) is 4.79 Å². The molecule has 0 unspecified atom stereocenters. The number of benzene rings is 2. The molecular formula is C16H13FNO. The largest absolute Gasteiger partial charge is 0.349 e. The van der Waals surface area contributed by atoms with E-state index >= 15 is 0 Å². The maximum Gasteiger partial charge on any atom is 0.251 e. The predicted octanol–water partition coefficient (Wildman–Crippen LogP) is 3.19. The summed E-state index contributed by atoms with van der Waals surface area (Å²) in [6.45, 7) is 0. The predicted molar refractivity (Wildman–Crippen MR) is 71.2 cm³/mol. The molecule has 2 aromatic carbocycles. The third-order valence-corrected chi connectivity index (χ3v) is 3.11. The van der Waals surface area contributed by atoms with Gasteiger partial charge in [-0.1, -0.05) is 18.2 Å². The van der Waals surface area contributed by atoms with Gasteiger partial charge in [0.05, 0.1) is 0 Å².